The highest BCUT2D eigenvalue weighted by Crippen LogP contribution is 2.44. The Kier molecular flexibility index (Phi) is 5.67. The molecule has 1 amide bonds. The molecule has 1 unspecified atom stereocenters. The number of halogens is 3. The number of alkyl halides is 2. The van der Waals surface area contributed by atoms with E-state index in [-0.39, 0.29) is 30.8 Å². The normalized spacial score (nSPS) is 30.7. The third-order valence-electron chi connectivity index (χ3n) is 5.37. The quantitative estimate of drug-likeness (QED) is 0.812. The topological polar surface area (TPSA) is 50.4 Å². The van der Waals surface area contributed by atoms with E-state index in [9.17, 15) is 13.6 Å². The Labute approximate surface area is 136 Å². The van der Waals surface area contributed by atoms with Crippen LogP contribution in [0.15, 0.2) is 0 Å². The lowest BCUT2D eigenvalue weighted by Gasteiger charge is -2.43. The van der Waals surface area contributed by atoms with Crippen molar-refractivity contribution in [2.45, 2.75) is 63.0 Å². The molecule has 0 aromatic heterocycles. The van der Waals surface area contributed by atoms with Gasteiger partial charge in [-0.1, -0.05) is 0 Å². The molecule has 0 aromatic rings. The Morgan fingerprint density at radius 3 is 2.32 bits per heavy atom. The molecule has 2 heterocycles. The highest BCUT2D eigenvalue weighted by atomic mass is 35.5. The smallest absolute Gasteiger partial charge is 0.262 e. The largest absolute Gasteiger partial charge is 0.381 e. The van der Waals surface area contributed by atoms with Gasteiger partial charge in [-0.15, -0.1) is 12.4 Å². The van der Waals surface area contributed by atoms with Crippen molar-refractivity contribution in [3.05, 3.63) is 0 Å². The van der Waals surface area contributed by atoms with E-state index < -0.39 is 18.5 Å². The van der Waals surface area contributed by atoms with Gasteiger partial charge in [0.05, 0.1) is 12.6 Å². The number of rotatable bonds is 2. The zero-order valence-electron chi connectivity index (χ0n) is 12.7. The molecule has 1 saturated carbocycles. The molecule has 0 radical (unpaired) electrons. The van der Waals surface area contributed by atoms with Gasteiger partial charge in [-0.25, -0.2) is 8.78 Å². The predicted octanol–water partition coefficient (Wildman–Crippen LogP) is 2.26. The van der Waals surface area contributed by atoms with Gasteiger partial charge in [-0.3, -0.25) is 10.1 Å². The number of carbonyl (C=O) groups excluding carboxylic acids is 1. The first-order valence-electron chi connectivity index (χ1n) is 7.98. The first-order valence-corrected chi connectivity index (χ1v) is 7.98. The van der Waals surface area contributed by atoms with Gasteiger partial charge in [-0.05, 0) is 43.9 Å². The molecule has 1 atom stereocenters. The summed E-state index contributed by atoms with van der Waals surface area (Å²) in [7, 11) is 0. The molecular weight excluding hydrogens is 314 g/mol. The number of hydrogen-bond acceptors (Lipinski definition) is 3. The third-order valence-corrected chi connectivity index (χ3v) is 5.37. The van der Waals surface area contributed by atoms with Crippen LogP contribution in [-0.2, 0) is 9.53 Å². The lowest BCUT2D eigenvalue weighted by atomic mass is 9.68. The molecule has 0 bridgehead atoms. The zero-order valence-corrected chi connectivity index (χ0v) is 13.5. The van der Waals surface area contributed by atoms with Gasteiger partial charge in [0, 0.05) is 25.7 Å². The SMILES string of the molecule is Cl.O=C(NC1CCC2(CCOCC2)CC1)C1CC(F)(F)CN1. The second-order valence-electron chi connectivity index (χ2n) is 6.89. The van der Waals surface area contributed by atoms with Crippen molar-refractivity contribution in [1.82, 2.24) is 10.6 Å². The molecule has 3 fully saturated rings. The van der Waals surface area contributed by atoms with E-state index in [2.05, 4.69) is 10.6 Å². The predicted molar refractivity (Wildman–Crippen MR) is 81.5 cm³/mol. The minimum absolute atomic E-state index is 0. The van der Waals surface area contributed by atoms with Crippen LogP contribution in [0.4, 0.5) is 8.78 Å². The van der Waals surface area contributed by atoms with Crippen molar-refractivity contribution < 1.29 is 18.3 Å². The van der Waals surface area contributed by atoms with Crippen LogP contribution in [0, 0.1) is 5.41 Å². The van der Waals surface area contributed by atoms with E-state index in [1.165, 1.54) is 0 Å². The summed E-state index contributed by atoms with van der Waals surface area (Å²) in [6.07, 6.45) is 5.97. The van der Waals surface area contributed by atoms with Gasteiger partial charge in [0.2, 0.25) is 5.91 Å². The van der Waals surface area contributed by atoms with Crippen molar-refractivity contribution in [2.24, 2.45) is 5.41 Å². The van der Waals surface area contributed by atoms with Gasteiger partial charge in [0.1, 0.15) is 0 Å². The van der Waals surface area contributed by atoms with Crippen LogP contribution in [0.1, 0.15) is 44.9 Å². The molecule has 4 nitrogen and oxygen atoms in total. The van der Waals surface area contributed by atoms with Crippen LogP contribution in [-0.4, -0.2) is 43.7 Å². The Balaban J connectivity index is 0.00000176. The molecule has 128 valence electrons. The van der Waals surface area contributed by atoms with E-state index in [4.69, 9.17) is 4.74 Å². The van der Waals surface area contributed by atoms with Crippen LogP contribution < -0.4 is 10.6 Å². The zero-order chi connectivity index (χ0) is 14.9. The Morgan fingerprint density at radius 1 is 1.14 bits per heavy atom. The minimum atomic E-state index is -2.75. The van der Waals surface area contributed by atoms with E-state index in [0.29, 0.717) is 5.41 Å². The van der Waals surface area contributed by atoms with Crippen LogP contribution >= 0.6 is 12.4 Å². The summed E-state index contributed by atoms with van der Waals surface area (Å²) in [6, 6.07) is -0.596. The molecule has 22 heavy (non-hydrogen) atoms. The summed E-state index contributed by atoms with van der Waals surface area (Å²) in [6.45, 7) is 1.30. The third kappa shape index (κ3) is 4.09. The van der Waals surface area contributed by atoms with E-state index >= 15 is 0 Å². The molecule has 0 aromatic carbocycles. The first-order chi connectivity index (χ1) is 9.98. The monoisotopic (exact) mass is 338 g/mol. The summed E-state index contributed by atoms with van der Waals surface area (Å²) >= 11 is 0. The highest BCUT2D eigenvalue weighted by molar-refractivity contribution is 5.85. The maximum absolute atomic E-state index is 13.1. The van der Waals surface area contributed by atoms with Gasteiger partial charge >= 0.3 is 0 Å². The van der Waals surface area contributed by atoms with Crippen LogP contribution in [0.5, 0.6) is 0 Å². The fourth-order valence-electron chi connectivity index (χ4n) is 3.88. The fraction of sp³-hybridized carbons (Fsp3) is 0.933. The standard InChI is InChI=1S/C15H24F2N2O2.ClH/c16-15(17)9-12(18-10-15)13(20)19-11-1-3-14(4-2-11)5-7-21-8-6-14;/h11-12,18H,1-10H2,(H,19,20);1H. The second-order valence-corrected chi connectivity index (χ2v) is 6.89. The van der Waals surface area contributed by atoms with Crippen LogP contribution in [0.3, 0.4) is 0 Å². The summed E-state index contributed by atoms with van der Waals surface area (Å²) in [4.78, 5) is 12.0. The van der Waals surface area contributed by atoms with Crippen LogP contribution in [0.25, 0.3) is 0 Å². The minimum Gasteiger partial charge on any atom is -0.381 e. The van der Waals surface area contributed by atoms with Gasteiger partial charge in [0.25, 0.3) is 5.92 Å². The molecule has 3 aliphatic rings. The maximum Gasteiger partial charge on any atom is 0.262 e. The molecule has 7 heteroatoms. The number of ether oxygens (including phenoxy) is 1. The number of carbonyl (C=O) groups is 1. The molecule has 3 rings (SSSR count). The average molecular weight is 339 g/mol. The number of hydrogen-bond donors (Lipinski definition) is 2. The lowest BCUT2D eigenvalue weighted by Crippen LogP contribution is -2.48. The summed E-state index contributed by atoms with van der Waals surface area (Å²) in [5, 5.41) is 5.57. The van der Waals surface area contributed by atoms with E-state index in [1.54, 1.807) is 0 Å². The average Bonchev–Trinajstić information content (AvgIpc) is 2.83. The van der Waals surface area contributed by atoms with E-state index in [0.717, 1.165) is 51.7 Å². The Bertz CT molecular complexity index is 393. The van der Waals surface area contributed by atoms with Gasteiger partial charge < -0.3 is 10.1 Å². The lowest BCUT2D eigenvalue weighted by molar-refractivity contribution is -0.124. The molecular formula is C15H25ClF2N2O2. The summed E-state index contributed by atoms with van der Waals surface area (Å²) < 4.78 is 31.7. The van der Waals surface area contributed by atoms with E-state index in [1.807, 2.05) is 0 Å². The van der Waals surface area contributed by atoms with Crippen molar-refractivity contribution in [3.8, 4) is 0 Å². The van der Waals surface area contributed by atoms with Crippen molar-refractivity contribution in [3.63, 3.8) is 0 Å². The Hall–Kier alpha value is -0.460. The fourth-order valence-corrected chi connectivity index (χ4v) is 3.88. The van der Waals surface area contributed by atoms with Crippen LogP contribution in [0.2, 0.25) is 0 Å². The molecule has 2 saturated heterocycles. The molecule has 2 aliphatic heterocycles. The summed E-state index contributed by atoms with van der Waals surface area (Å²) in [5.41, 5.74) is 0.401. The van der Waals surface area contributed by atoms with Crippen molar-refractivity contribution >= 4 is 18.3 Å². The van der Waals surface area contributed by atoms with Crippen molar-refractivity contribution in [2.75, 3.05) is 19.8 Å². The molecule has 2 N–H and O–H groups in total. The molecule has 1 aliphatic carbocycles. The second kappa shape index (κ2) is 6.97. The maximum atomic E-state index is 13.1. The first kappa shape index (κ1) is 17.9. The summed E-state index contributed by atoms with van der Waals surface area (Å²) in [5.74, 6) is -3.01. The number of nitrogens with one attached hydrogen (secondary N) is 2. The van der Waals surface area contributed by atoms with Gasteiger partial charge in [-0.2, -0.15) is 0 Å². The number of amides is 1. The Morgan fingerprint density at radius 2 is 1.77 bits per heavy atom. The van der Waals surface area contributed by atoms with Crippen molar-refractivity contribution in [1.29, 1.82) is 0 Å². The van der Waals surface area contributed by atoms with Gasteiger partial charge in [0.15, 0.2) is 0 Å². The molecule has 1 spiro atoms. The highest BCUT2D eigenvalue weighted by Gasteiger charge is 2.43.